The summed E-state index contributed by atoms with van der Waals surface area (Å²) in [5, 5.41) is 7.39. The molecule has 5 N–H and O–H groups in total. The number of amidine groups is 1. The van der Waals surface area contributed by atoms with E-state index in [2.05, 4.69) is 0 Å². The van der Waals surface area contributed by atoms with Crippen molar-refractivity contribution in [3.63, 3.8) is 0 Å². The Bertz CT molecular complexity index is 368. The van der Waals surface area contributed by atoms with Crippen molar-refractivity contribution >= 4 is 11.9 Å². The monoisotopic (exact) mass is 240 g/mol. The Morgan fingerprint density at radius 2 is 2.06 bits per heavy atom. The zero-order valence-corrected chi connectivity index (χ0v) is 10.5. The van der Waals surface area contributed by atoms with E-state index >= 15 is 0 Å². The molecule has 6 nitrogen and oxygen atoms in total. The maximum atomic E-state index is 11.8. The lowest BCUT2D eigenvalue weighted by atomic mass is 10.1. The molecule has 0 aromatic carbocycles. The van der Waals surface area contributed by atoms with Crippen molar-refractivity contribution in [2.24, 2.45) is 11.5 Å². The summed E-state index contributed by atoms with van der Waals surface area (Å²) in [6, 6.07) is 0. The molecule has 0 aliphatic carbocycles. The molecule has 0 unspecified atom stereocenters. The molecular formula is C11H20N4O2. The van der Waals surface area contributed by atoms with Gasteiger partial charge in [0.2, 0.25) is 0 Å². The quantitative estimate of drug-likeness (QED) is 0.465. The Labute approximate surface area is 101 Å². The molecule has 96 valence electrons. The third-order valence-corrected chi connectivity index (χ3v) is 2.36. The average molecular weight is 240 g/mol. The highest BCUT2D eigenvalue weighted by atomic mass is 16.6. The fourth-order valence-corrected chi connectivity index (χ4v) is 1.52. The Morgan fingerprint density at radius 3 is 2.53 bits per heavy atom. The number of amides is 1. The lowest BCUT2D eigenvalue weighted by molar-refractivity contribution is 0.0262. The lowest BCUT2D eigenvalue weighted by Crippen LogP contribution is -2.43. The van der Waals surface area contributed by atoms with Crippen molar-refractivity contribution in [2.75, 3.05) is 13.1 Å². The topological polar surface area (TPSA) is 105 Å². The molecule has 0 bridgehead atoms. The van der Waals surface area contributed by atoms with Crippen LogP contribution in [0.4, 0.5) is 4.79 Å². The second-order valence-corrected chi connectivity index (χ2v) is 5.07. The minimum absolute atomic E-state index is 0.0873. The van der Waals surface area contributed by atoms with Gasteiger partial charge in [-0.3, -0.25) is 5.41 Å². The molecule has 0 aromatic heterocycles. The number of rotatable bonds is 1. The van der Waals surface area contributed by atoms with Gasteiger partial charge in [0.25, 0.3) is 0 Å². The van der Waals surface area contributed by atoms with E-state index in [9.17, 15) is 4.79 Å². The van der Waals surface area contributed by atoms with Gasteiger partial charge in [0.1, 0.15) is 11.4 Å². The standard InChI is InChI=1S/C11H20N4O2/c1-11(2,3)17-10(16)15-5-4-8(12)7(6-15)9(13)14/h4-6,12H2,1-3H3,(H3,13,14). The number of carbonyl (C=O) groups excluding carboxylic acids is 1. The van der Waals surface area contributed by atoms with Gasteiger partial charge in [-0.05, 0) is 20.8 Å². The molecule has 0 fully saturated rings. The molecule has 0 radical (unpaired) electrons. The Hall–Kier alpha value is -1.72. The zero-order chi connectivity index (χ0) is 13.2. The zero-order valence-electron chi connectivity index (χ0n) is 10.5. The molecule has 1 aliphatic heterocycles. The predicted molar refractivity (Wildman–Crippen MR) is 65.6 cm³/mol. The number of hydrogen-bond donors (Lipinski definition) is 3. The summed E-state index contributed by atoms with van der Waals surface area (Å²) in [7, 11) is 0. The van der Waals surface area contributed by atoms with Gasteiger partial charge in [0.05, 0.1) is 6.54 Å². The van der Waals surface area contributed by atoms with Gasteiger partial charge >= 0.3 is 6.09 Å². The number of carbonyl (C=O) groups is 1. The van der Waals surface area contributed by atoms with Gasteiger partial charge in [0, 0.05) is 24.2 Å². The van der Waals surface area contributed by atoms with E-state index in [1.807, 2.05) is 20.8 Å². The molecule has 1 amide bonds. The van der Waals surface area contributed by atoms with Crippen molar-refractivity contribution in [3.8, 4) is 0 Å². The van der Waals surface area contributed by atoms with Gasteiger partial charge in [-0.1, -0.05) is 0 Å². The largest absolute Gasteiger partial charge is 0.444 e. The summed E-state index contributed by atoms with van der Waals surface area (Å²) in [4.78, 5) is 13.3. The van der Waals surface area contributed by atoms with E-state index in [-0.39, 0.29) is 12.4 Å². The van der Waals surface area contributed by atoms with Crippen molar-refractivity contribution in [3.05, 3.63) is 11.3 Å². The van der Waals surface area contributed by atoms with Crippen molar-refractivity contribution in [2.45, 2.75) is 32.8 Å². The summed E-state index contributed by atoms with van der Waals surface area (Å²) in [6.45, 7) is 6.18. The smallest absolute Gasteiger partial charge is 0.410 e. The van der Waals surface area contributed by atoms with Gasteiger partial charge < -0.3 is 21.1 Å². The van der Waals surface area contributed by atoms with Gasteiger partial charge in [-0.2, -0.15) is 0 Å². The first kappa shape index (κ1) is 13.3. The molecule has 1 heterocycles. The number of ether oxygens (including phenoxy) is 1. The predicted octanol–water partition coefficient (Wildman–Crippen LogP) is 0.776. The van der Waals surface area contributed by atoms with Crippen LogP contribution in [-0.4, -0.2) is 35.5 Å². The summed E-state index contributed by atoms with van der Waals surface area (Å²) in [6.07, 6.45) is 0.123. The van der Waals surface area contributed by atoms with Crippen LogP contribution in [0.5, 0.6) is 0 Å². The van der Waals surface area contributed by atoms with Crippen LogP contribution in [0.3, 0.4) is 0 Å². The molecule has 0 saturated heterocycles. The van der Waals surface area contributed by atoms with Gasteiger partial charge in [-0.15, -0.1) is 0 Å². The molecule has 17 heavy (non-hydrogen) atoms. The SMILES string of the molecule is CC(C)(C)OC(=O)N1CCC(N)=C(C(=N)N)C1. The Morgan fingerprint density at radius 1 is 1.47 bits per heavy atom. The summed E-state index contributed by atoms with van der Waals surface area (Å²) in [5.41, 5.74) is 11.7. The van der Waals surface area contributed by atoms with Crippen LogP contribution in [-0.2, 0) is 4.74 Å². The normalized spacial score (nSPS) is 17.0. The highest BCUT2D eigenvalue weighted by molar-refractivity contribution is 5.96. The van der Waals surface area contributed by atoms with Crippen molar-refractivity contribution in [1.29, 1.82) is 5.41 Å². The fraction of sp³-hybridized carbons (Fsp3) is 0.636. The molecule has 6 heteroatoms. The van der Waals surface area contributed by atoms with Gasteiger partial charge in [-0.25, -0.2) is 4.79 Å². The Balaban J connectivity index is 2.72. The molecular weight excluding hydrogens is 220 g/mol. The van der Waals surface area contributed by atoms with Crippen LogP contribution >= 0.6 is 0 Å². The van der Waals surface area contributed by atoms with E-state index in [1.165, 1.54) is 4.90 Å². The van der Waals surface area contributed by atoms with Crippen LogP contribution in [0.1, 0.15) is 27.2 Å². The first-order valence-electron chi connectivity index (χ1n) is 5.50. The summed E-state index contributed by atoms with van der Waals surface area (Å²) < 4.78 is 5.25. The molecule has 0 spiro atoms. The summed E-state index contributed by atoms with van der Waals surface area (Å²) >= 11 is 0. The highest BCUT2D eigenvalue weighted by Gasteiger charge is 2.27. The maximum absolute atomic E-state index is 11.8. The minimum atomic E-state index is -0.528. The molecule has 0 aromatic rings. The molecule has 0 atom stereocenters. The minimum Gasteiger partial charge on any atom is -0.444 e. The van der Waals surface area contributed by atoms with Crippen LogP contribution in [0.15, 0.2) is 11.3 Å². The van der Waals surface area contributed by atoms with E-state index in [0.29, 0.717) is 24.2 Å². The number of nitrogens with zero attached hydrogens (tertiary/aromatic N) is 1. The number of hydrogen-bond acceptors (Lipinski definition) is 4. The van der Waals surface area contributed by atoms with Crippen LogP contribution in [0.25, 0.3) is 0 Å². The second kappa shape index (κ2) is 4.65. The Kier molecular flexibility index (Phi) is 3.65. The first-order valence-corrected chi connectivity index (χ1v) is 5.50. The third-order valence-electron chi connectivity index (χ3n) is 2.36. The third kappa shape index (κ3) is 3.65. The van der Waals surface area contributed by atoms with Crippen LogP contribution < -0.4 is 11.5 Å². The number of nitrogens with two attached hydrogens (primary N) is 2. The molecule has 1 aliphatic rings. The van der Waals surface area contributed by atoms with E-state index in [4.69, 9.17) is 21.6 Å². The van der Waals surface area contributed by atoms with Gasteiger partial charge in [0.15, 0.2) is 0 Å². The second-order valence-electron chi connectivity index (χ2n) is 5.07. The molecule has 1 rings (SSSR count). The van der Waals surface area contributed by atoms with Crippen LogP contribution in [0, 0.1) is 5.41 Å². The number of nitrogens with one attached hydrogen (secondary N) is 1. The fourth-order valence-electron chi connectivity index (χ4n) is 1.52. The lowest BCUT2D eigenvalue weighted by Gasteiger charge is -2.31. The van der Waals surface area contributed by atoms with Crippen LogP contribution in [0.2, 0.25) is 0 Å². The maximum Gasteiger partial charge on any atom is 0.410 e. The molecule has 0 saturated carbocycles. The average Bonchev–Trinajstić information content (AvgIpc) is 2.14. The first-order chi connectivity index (χ1) is 7.70. The van der Waals surface area contributed by atoms with E-state index in [1.54, 1.807) is 0 Å². The highest BCUT2D eigenvalue weighted by Crippen LogP contribution is 2.17. The van der Waals surface area contributed by atoms with E-state index < -0.39 is 11.7 Å². The van der Waals surface area contributed by atoms with E-state index in [0.717, 1.165) is 0 Å². The van der Waals surface area contributed by atoms with Crippen molar-refractivity contribution in [1.82, 2.24) is 4.90 Å². The summed E-state index contributed by atoms with van der Waals surface area (Å²) in [5.74, 6) is -0.0873. The van der Waals surface area contributed by atoms with Crippen molar-refractivity contribution < 1.29 is 9.53 Å².